The minimum atomic E-state index is -1.16. The Labute approximate surface area is 129 Å². The molecule has 1 unspecified atom stereocenters. The summed E-state index contributed by atoms with van der Waals surface area (Å²) in [5.74, 6) is 3.92. The van der Waals surface area contributed by atoms with Crippen molar-refractivity contribution < 1.29 is 24.6 Å². The fourth-order valence-corrected chi connectivity index (χ4v) is 1.93. The Kier molecular flexibility index (Phi) is 12.0. The molecule has 0 aliphatic rings. The predicted octanol–water partition coefficient (Wildman–Crippen LogP) is -1.53. The molecule has 0 saturated carbocycles. The first-order valence-electron chi connectivity index (χ1n) is 7.31. The maximum absolute atomic E-state index is 11.5. The normalized spacial score (nSPS) is 13.2. The number of aliphatic hydroxyl groups is 1. The zero-order valence-corrected chi connectivity index (χ0v) is 12.6. The van der Waals surface area contributed by atoms with Crippen molar-refractivity contribution in [2.24, 2.45) is 5.84 Å². The summed E-state index contributed by atoms with van der Waals surface area (Å²) in [4.78, 5) is 32.5. The van der Waals surface area contributed by atoms with Crippen LogP contribution in [0.2, 0.25) is 0 Å². The summed E-state index contributed by atoms with van der Waals surface area (Å²) in [6.07, 6.45) is 3.40. The van der Waals surface area contributed by atoms with Gasteiger partial charge in [-0.25, -0.2) is 4.79 Å². The zero-order chi connectivity index (χ0) is 16.8. The van der Waals surface area contributed by atoms with Crippen LogP contribution in [0.4, 0.5) is 0 Å². The summed E-state index contributed by atoms with van der Waals surface area (Å²) in [5.41, 5.74) is 2.62. The van der Waals surface area contributed by atoms with Crippen LogP contribution in [0, 0.1) is 0 Å². The maximum atomic E-state index is 11.5. The minimum Gasteiger partial charge on any atom is -0.480 e. The van der Waals surface area contributed by atoms with Crippen molar-refractivity contribution >= 4 is 18.3 Å². The first-order chi connectivity index (χ1) is 10.5. The van der Waals surface area contributed by atoms with Crippen molar-refractivity contribution in [3.8, 4) is 0 Å². The molecule has 0 saturated heterocycles. The van der Waals surface area contributed by atoms with Crippen molar-refractivity contribution in [2.75, 3.05) is 13.2 Å². The fourth-order valence-electron chi connectivity index (χ4n) is 1.93. The van der Waals surface area contributed by atoms with Crippen LogP contribution in [-0.4, -0.2) is 53.7 Å². The molecule has 0 spiro atoms. The number of amides is 2. The van der Waals surface area contributed by atoms with E-state index in [2.05, 4.69) is 16.1 Å². The van der Waals surface area contributed by atoms with Gasteiger partial charge in [0.15, 0.2) is 0 Å². The predicted molar refractivity (Wildman–Crippen MR) is 79.5 cm³/mol. The van der Waals surface area contributed by atoms with E-state index < -0.39 is 12.0 Å². The van der Waals surface area contributed by atoms with Crippen LogP contribution < -0.4 is 21.9 Å². The summed E-state index contributed by atoms with van der Waals surface area (Å²) >= 11 is 0. The third-order valence-electron chi connectivity index (χ3n) is 3.24. The van der Waals surface area contributed by atoms with Crippen LogP contribution in [-0.2, 0) is 14.4 Å². The summed E-state index contributed by atoms with van der Waals surface area (Å²) in [6, 6.07) is -0.982. The number of hydrogen-bond donors (Lipinski definition) is 6. The van der Waals surface area contributed by atoms with E-state index in [9.17, 15) is 14.4 Å². The Balaban J connectivity index is 3.72. The summed E-state index contributed by atoms with van der Waals surface area (Å²) in [5, 5.41) is 22.4. The lowest BCUT2D eigenvalue weighted by molar-refractivity contribution is -0.140. The minimum absolute atomic E-state index is 0.0370. The number of rotatable bonds is 14. The van der Waals surface area contributed by atoms with Crippen LogP contribution >= 0.6 is 0 Å². The number of unbranched alkanes of at least 4 members (excludes halogenated alkanes) is 1. The second kappa shape index (κ2) is 13.0. The molecule has 0 aliphatic heterocycles. The van der Waals surface area contributed by atoms with Crippen LogP contribution in [0.15, 0.2) is 0 Å². The van der Waals surface area contributed by atoms with Crippen molar-refractivity contribution in [3.63, 3.8) is 0 Å². The van der Waals surface area contributed by atoms with E-state index in [0.717, 1.165) is 19.3 Å². The van der Waals surface area contributed by atoms with Crippen LogP contribution in [0.5, 0.6) is 0 Å². The lowest BCUT2D eigenvalue weighted by Crippen LogP contribution is -2.37. The molecule has 22 heavy (non-hydrogen) atoms. The molecule has 0 aromatic rings. The second-order valence-corrected chi connectivity index (χ2v) is 4.94. The standard InChI is InChI=1S/C13H26N4O5/c14-17-10(6-8-18)3-1-2-7-15-12(20)5-4-11(13(21)22)16-9-19/h9-11,17-18H,1-8,14H2,(H,15,20)(H,16,19)(H,21,22)/t10?,11-/m0/s1. The average molecular weight is 318 g/mol. The summed E-state index contributed by atoms with van der Waals surface area (Å²) < 4.78 is 0. The van der Waals surface area contributed by atoms with Crippen molar-refractivity contribution in [1.82, 2.24) is 16.1 Å². The highest BCUT2D eigenvalue weighted by Gasteiger charge is 2.17. The van der Waals surface area contributed by atoms with Crippen molar-refractivity contribution in [1.29, 1.82) is 0 Å². The van der Waals surface area contributed by atoms with Crippen molar-refractivity contribution in [3.05, 3.63) is 0 Å². The topological polar surface area (TPSA) is 154 Å². The van der Waals surface area contributed by atoms with Gasteiger partial charge < -0.3 is 20.8 Å². The zero-order valence-electron chi connectivity index (χ0n) is 12.6. The van der Waals surface area contributed by atoms with Gasteiger partial charge in [0.25, 0.3) is 0 Å². The van der Waals surface area contributed by atoms with E-state index in [1.807, 2.05) is 0 Å². The van der Waals surface area contributed by atoms with Gasteiger partial charge in [-0.15, -0.1) is 0 Å². The number of nitrogens with two attached hydrogens (primary N) is 1. The Morgan fingerprint density at radius 1 is 1.18 bits per heavy atom. The van der Waals surface area contributed by atoms with E-state index in [1.54, 1.807) is 0 Å². The molecule has 0 aromatic heterocycles. The Morgan fingerprint density at radius 2 is 1.91 bits per heavy atom. The Bertz CT molecular complexity index is 340. The molecular weight excluding hydrogens is 292 g/mol. The molecule has 0 aliphatic carbocycles. The molecule has 0 bridgehead atoms. The molecule has 9 heteroatoms. The molecule has 7 N–H and O–H groups in total. The van der Waals surface area contributed by atoms with Gasteiger partial charge in [-0.3, -0.25) is 20.9 Å². The quantitative estimate of drug-likeness (QED) is 0.0982. The second-order valence-electron chi connectivity index (χ2n) is 4.94. The highest BCUT2D eigenvalue weighted by molar-refractivity contribution is 5.79. The van der Waals surface area contributed by atoms with Gasteiger partial charge in [0.1, 0.15) is 6.04 Å². The lowest BCUT2D eigenvalue weighted by Gasteiger charge is -2.14. The molecular formula is C13H26N4O5. The number of carbonyl (C=O) groups is 3. The first kappa shape index (κ1) is 20.3. The van der Waals surface area contributed by atoms with Gasteiger partial charge in [0, 0.05) is 25.6 Å². The molecule has 0 fully saturated rings. The van der Waals surface area contributed by atoms with Gasteiger partial charge in [0.05, 0.1) is 0 Å². The number of hydrazine groups is 1. The molecule has 0 radical (unpaired) electrons. The van der Waals surface area contributed by atoms with E-state index in [4.69, 9.17) is 16.1 Å². The SMILES string of the molecule is NNC(CCO)CCCCNC(=O)CC[C@H](NC=O)C(=O)O. The number of carboxylic acids is 1. The molecule has 0 heterocycles. The number of carboxylic acid groups (broad SMARTS) is 1. The number of aliphatic carboxylic acids is 1. The highest BCUT2D eigenvalue weighted by Crippen LogP contribution is 2.03. The average Bonchev–Trinajstić information content (AvgIpc) is 2.49. The number of carbonyl (C=O) groups excluding carboxylic acids is 2. The van der Waals surface area contributed by atoms with Crippen LogP contribution in [0.3, 0.4) is 0 Å². The van der Waals surface area contributed by atoms with Gasteiger partial charge in [0.2, 0.25) is 12.3 Å². The summed E-state index contributed by atoms with van der Waals surface area (Å²) in [7, 11) is 0. The monoisotopic (exact) mass is 318 g/mol. The molecule has 9 nitrogen and oxygen atoms in total. The van der Waals surface area contributed by atoms with E-state index in [-0.39, 0.29) is 31.4 Å². The lowest BCUT2D eigenvalue weighted by atomic mass is 10.1. The van der Waals surface area contributed by atoms with Crippen molar-refractivity contribution in [2.45, 2.75) is 50.6 Å². The third-order valence-corrected chi connectivity index (χ3v) is 3.24. The largest absolute Gasteiger partial charge is 0.480 e. The van der Waals surface area contributed by atoms with Gasteiger partial charge in [-0.1, -0.05) is 6.42 Å². The Hall–Kier alpha value is -1.71. The molecule has 2 amide bonds. The number of aliphatic hydroxyl groups excluding tert-OH is 1. The summed E-state index contributed by atoms with van der Waals surface area (Å²) in [6.45, 7) is 0.569. The fraction of sp³-hybridized carbons (Fsp3) is 0.769. The highest BCUT2D eigenvalue weighted by atomic mass is 16.4. The van der Waals surface area contributed by atoms with Gasteiger partial charge in [-0.2, -0.15) is 0 Å². The molecule has 2 atom stereocenters. The smallest absolute Gasteiger partial charge is 0.326 e. The maximum Gasteiger partial charge on any atom is 0.326 e. The number of hydrogen-bond acceptors (Lipinski definition) is 6. The number of nitrogens with one attached hydrogen (secondary N) is 3. The Morgan fingerprint density at radius 3 is 2.45 bits per heavy atom. The van der Waals surface area contributed by atoms with Gasteiger partial charge in [-0.05, 0) is 25.7 Å². The third kappa shape index (κ3) is 10.1. The van der Waals surface area contributed by atoms with Crippen LogP contribution in [0.1, 0.15) is 38.5 Å². The molecule has 0 aromatic carbocycles. The van der Waals surface area contributed by atoms with E-state index in [0.29, 0.717) is 19.4 Å². The first-order valence-corrected chi connectivity index (χ1v) is 7.31. The molecule has 128 valence electrons. The van der Waals surface area contributed by atoms with E-state index >= 15 is 0 Å². The molecule has 0 rings (SSSR count). The van der Waals surface area contributed by atoms with E-state index in [1.165, 1.54) is 0 Å². The van der Waals surface area contributed by atoms with Gasteiger partial charge >= 0.3 is 5.97 Å². The van der Waals surface area contributed by atoms with Crippen LogP contribution in [0.25, 0.3) is 0 Å².